The van der Waals surface area contributed by atoms with Crippen molar-refractivity contribution >= 4 is 11.6 Å². The summed E-state index contributed by atoms with van der Waals surface area (Å²) in [7, 11) is 3.94. The summed E-state index contributed by atoms with van der Waals surface area (Å²) in [6.07, 6.45) is 1.77. The molecule has 1 rings (SSSR count). The third kappa shape index (κ3) is 5.30. The number of aliphatic hydroxyl groups is 1. The molecule has 0 aliphatic carbocycles. The minimum Gasteiger partial charge on any atom is -0.387 e. The molecule has 0 fully saturated rings. The molecule has 1 aromatic rings. The molecule has 4 nitrogen and oxygen atoms in total. The molecule has 106 valence electrons. The van der Waals surface area contributed by atoms with E-state index in [9.17, 15) is 9.90 Å². The Morgan fingerprint density at radius 2 is 1.95 bits per heavy atom. The summed E-state index contributed by atoms with van der Waals surface area (Å²) in [5.74, 6) is 0.00538. The molecule has 4 heteroatoms. The van der Waals surface area contributed by atoms with E-state index in [0.717, 1.165) is 24.1 Å². The highest BCUT2D eigenvalue weighted by Gasteiger charge is 2.09. The Balaban J connectivity index is 2.44. The standard InChI is InChI=1S/C15H24N2O2/c1-4-5-6-15(19)16-11-14(18)12-7-9-13(10-8-12)17(2)3/h7-10,14,18H,4-6,11H2,1-3H3,(H,16,19). The lowest BCUT2D eigenvalue weighted by Crippen LogP contribution is -2.28. The molecular formula is C15H24N2O2. The maximum absolute atomic E-state index is 11.5. The van der Waals surface area contributed by atoms with Crippen molar-refractivity contribution in [2.45, 2.75) is 32.3 Å². The number of hydrogen-bond donors (Lipinski definition) is 2. The Labute approximate surface area is 115 Å². The van der Waals surface area contributed by atoms with E-state index in [0.29, 0.717) is 6.42 Å². The second-order valence-electron chi connectivity index (χ2n) is 4.91. The Morgan fingerprint density at radius 1 is 1.32 bits per heavy atom. The third-order valence-electron chi connectivity index (χ3n) is 3.04. The fourth-order valence-corrected chi connectivity index (χ4v) is 1.75. The van der Waals surface area contributed by atoms with Gasteiger partial charge in [-0.2, -0.15) is 0 Å². The van der Waals surface area contributed by atoms with Gasteiger partial charge in [0.05, 0.1) is 6.10 Å². The number of aliphatic hydroxyl groups excluding tert-OH is 1. The smallest absolute Gasteiger partial charge is 0.220 e. The molecule has 1 aromatic carbocycles. The van der Waals surface area contributed by atoms with Gasteiger partial charge in [0.1, 0.15) is 0 Å². The molecular weight excluding hydrogens is 240 g/mol. The number of amides is 1. The van der Waals surface area contributed by atoms with Gasteiger partial charge in [-0.05, 0) is 24.1 Å². The number of nitrogens with zero attached hydrogens (tertiary/aromatic N) is 1. The molecule has 0 saturated carbocycles. The SMILES string of the molecule is CCCCC(=O)NCC(O)c1ccc(N(C)C)cc1. The van der Waals surface area contributed by atoms with Gasteiger partial charge in [0, 0.05) is 32.7 Å². The fraction of sp³-hybridized carbons (Fsp3) is 0.533. The molecule has 0 radical (unpaired) electrons. The van der Waals surface area contributed by atoms with Gasteiger partial charge in [-0.15, -0.1) is 0 Å². The Morgan fingerprint density at radius 3 is 2.47 bits per heavy atom. The van der Waals surface area contributed by atoms with E-state index in [1.165, 1.54) is 0 Å². The average molecular weight is 264 g/mol. The van der Waals surface area contributed by atoms with E-state index in [1.54, 1.807) is 0 Å². The highest BCUT2D eigenvalue weighted by molar-refractivity contribution is 5.75. The summed E-state index contributed by atoms with van der Waals surface area (Å²) in [4.78, 5) is 13.5. The van der Waals surface area contributed by atoms with Crippen LogP contribution in [-0.2, 0) is 4.79 Å². The van der Waals surface area contributed by atoms with Crippen LogP contribution in [0.25, 0.3) is 0 Å². The largest absolute Gasteiger partial charge is 0.387 e. The van der Waals surface area contributed by atoms with Crippen LogP contribution in [0.4, 0.5) is 5.69 Å². The molecule has 0 aliphatic heterocycles. The molecule has 0 spiro atoms. The van der Waals surface area contributed by atoms with Crippen molar-refractivity contribution in [1.29, 1.82) is 0 Å². The number of carbonyl (C=O) groups excluding carboxylic acids is 1. The molecule has 0 aromatic heterocycles. The van der Waals surface area contributed by atoms with E-state index in [4.69, 9.17) is 0 Å². The third-order valence-corrected chi connectivity index (χ3v) is 3.04. The van der Waals surface area contributed by atoms with Crippen LogP contribution in [0, 0.1) is 0 Å². The van der Waals surface area contributed by atoms with Crippen LogP contribution >= 0.6 is 0 Å². The number of carbonyl (C=O) groups is 1. The first kappa shape index (κ1) is 15.5. The van der Waals surface area contributed by atoms with E-state index >= 15 is 0 Å². The van der Waals surface area contributed by atoms with Gasteiger partial charge < -0.3 is 15.3 Å². The van der Waals surface area contributed by atoms with Gasteiger partial charge in [-0.1, -0.05) is 25.5 Å². The first-order chi connectivity index (χ1) is 9.04. The van der Waals surface area contributed by atoms with Crippen LogP contribution in [0.3, 0.4) is 0 Å². The fourth-order valence-electron chi connectivity index (χ4n) is 1.75. The summed E-state index contributed by atoms with van der Waals surface area (Å²) in [6.45, 7) is 2.32. The zero-order valence-corrected chi connectivity index (χ0v) is 12.0. The molecule has 0 heterocycles. The Bertz CT molecular complexity index is 388. The first-order valence-electron chi connectivity index (χ1n) is 6.76. The lowest BCUT2D eigenvalue weighted by Gasteiger charge is -2.15. The van der Waals surface area contributed by atoms with Crippen molar-refractivity contribution in [3.63, 3.8) is 0 Å². The van der Waals surface area contributed by atoms with Gasteiger partial charge in [0.2, 0.25) is 5.91 Å². The van der Waals surface area contributed by atoms with Crippen molar-refractivity contribution in [2.24, 2.45) is 0 Å². The van der Waals surface area contributed by atoms with Crippen LogP contribution < -0.4 is 10.2 Å². The van der Waals surface area contributed by atoms with Crippen molar-refractivity contribution in [1.82, 2.24) is 5.32 Å². The predicted molar refractivity (Wildman–Crippen MR) is 78.3 cm³/mol. The summed E-state index contributed by atoms with van der Waals surface area (Å²) >= 11 is 0. The highest BCUT2D eigenvalue weighted by Crippen LogP contribution is 2.17. The number of nitrogens with one attached hydrogen (secondary N) is 1. The molecule has 2 N–H and O–H groups in total. The normalized spacial score (nSPS) is 12.0. The number of anilines is 1. The molecule has 1 atom stereocenters. The Kier molecular flexibility index (Phi) is 6.36. The maximum atomic E-state index is 11.5. The van der Waals surface area contributed by atoms with E-state index in [1.807, 2.05) is 43.3 Å². The second kappa shape index (κ2) is 7.79. The topological polar surface area (TPSA) is 52.6 Å². The zero-order chi connectivity index (χ0) is 14.3. The van der Waals surface area contributed by atoms with Gasteiger partial charge in [-0.25, -0.2) is 0 Å². The van der Waals surface area contributed by atoms with Crippen LogP contribution in [0.2, 0.25) is 0 Å². The minimum absolute atomic E-state index is 0.00538. The lowest BCUT2D eigenvalue weighted by atomic mass is 10.1. The van der Waals surface area contributed by atoms with Crippen molar-refractivity contribution in [3.05, 3.63) is 29.8 Å². The van der Waals surface area contributed by atoms with Crippen molar-refractivity contribution in [2.75, 3.05) is 25.5 Å². The molecule has 0 bridgehead atoms. The molecule has 19 heavy (non-hydrogen) atoms. The average Bonchev–Trinajstić information content (AvgIpc) is 2.42. The monoisotopic (exact) mass is 264 g/mol. The number of unbranched alkanes of at least 4 members (excludes halogenated alkanes) is 1. The summed E-state index contributed by atoms with van der Waals surface area (Å²) < 4.78 is 0. The predicted octanol–water partition coefficient (Wildman–Crippen LogP) is 2.09. The molecule has 1 unspecified atom stereocenters. The Hall–Kier alpha value is -1.55. The zero-order valence-electron chi connectivity index (χ0n) is 12.0. The number of hydrogen-bond acceptors (Lipinski definition) is 3. The van der Waals surface area contributed by atoms with Gasteiger partial charge >= 0.3 is 0 Å². The van der Waals surface area contributed by atoms with Crippen LogP contribution in [0.1, 0.15) is 37.9 Å². The van der Waals surface area contributed by atoms with Gasteiger partial charge in [-0.3, -0.25) is 4.79 Å². The van der Waals surface area contributed by atoms with Crippen molar-refractivity contribution in [3.8, 4) is 0 Å². The van der Waals surface area contributed by atoms with Gasteiger partial charge in [0.25, 0.3) is 0 Å². The maximum Gasteiger partial charge on any atom is 0.220 e. The number of rotatable bonds is 7. The molecule has 0 aliphatic rings. The lowest BCUT2D eigenvalue weighted by molar-refractivity contribution is -0.121. The molecule has 0 saturated heterocycles. The summed E-state index contributed by atoms with van der Waals surface area (Å²) in [6, 6.07) is 7.69. The summed E-state index contributed by atoms with van der Waals surface area (Å²) in [5, 5.41) is 12.7. The molecule has 1 amide bonds. The van der Waals surface area contributed by atoms with E-state index in [-0.39, 0.29) is 12.5 Å². The highest BCUT2D eigenvalue weighted by atomic mass is 16.3. The van der Waals surface area contributed by atoms with Gasteiger partial charge in [0.15, 0.2) is 0 Å². The minimum atomic E-state index is -0.651. The number of benzene rings is 1. The summed E-state index contributed by atoms with van der Waals surface area (Å²) in [5.41, 5.74) is 1.91. The van der Waals surface area contributed by atoms with Crippen LogP contribution in [0.5, 0.6) is 0 Å². The quantitative estimate of drug-likeness (QED) is 0.793. The van der Waals surface area contributed by atoms with Crippen LogP contribution in [0.15, 0.2) is 24.3 Å². The second-order valence-corrected chi connectivity index (χ2v) is 4.91. The van der Waals surface area contributed by atoms with E-state index in [2.05, 4.69) is 12.2 Å². The van der Waals surface area contributed by atoms with Crippen LogP contribution in [-0.4, -0.2) is 31.7 Å². The van der Waals surface area contributed by atoms with E-state index < -0.39 is 6.10 Å². The van der Waals surface area contributed by atoms with Crippen molar-refractivity contribution < 1.29 is 9.90 Å². The first-order valence-corrected chi connectivity index (χ1v) is 6.76.